The largest absolute Gasteiger partial charge is 0.341 e. The minimum absolute atomic E-state index is 0.158. The molecule has 0 atom stereocenters. The number of nitrogens with zero attached hydrogens (tertiary/aromatic N) is 2. The number of likely N-dealkylation sites (tertiary alicyclic amines) is 1. The molecule has 0 aromatic heterocycles. The molecule has 0 aliphatic carbocycles. The summed E-state index contributed by atoms with van der Waals surface area (Å²) in [5.74, 6) is 0.439. The van der Waals surface area contributed by atoms with Crippen molar-refractivity contribution in [1.29, 1.82) is 0 Å². The maximum absolute atomic E-state index is 11.9. The fourth-order valence-electron chi connectivity index (χ4n) is 1.84. The molecular weight excluding hydrogens is 204 g/mol. The molecule has 0 radical (unpaired) electrons. The van der Waals surface area contributed by atoms with Crippen LogP contribution in [0.4, 0.5) is 0 Å². The van der Waals surface area contributed by atoms with Crippen LogP contribution in [0.5, 0.6) is 0 Å². The number of piperidine rings is 1. The van der Waals surface area contributed by atoms with Crippen LogP contribution in [0.1, 0.15) is 32.6 Å². The minimum atomic E-state index is 0.158. The van der Waals surface area contributed by atoms with Crippen LogP contribution in [0.15, 0.2) is 0 Å². The molecular formula is C12H22N2O2. The number of unbranched alkanes of at least 4 members (excludes halogenated alkanes) is 1. The van der Waals surface area contributed by atoms with E-state index in [9.17, 15) is 9.59 Å². The zero-order chi connectivity index (χ0) is 12.0. The zero-order valence-electron chi connectivity index (χ0n) is 10.4. The monoisotopic (exact) mass is 226 g/mol. The van der Waals surface area contributed by atoms with Gasteiger partial charge in [-0.15, -0.1) is 0 Å². The zero-order valence-corrected chi connectivity index (χ0v) is 10.4. The summed E-state index contributed by atoms with van der Waals surface area (Å²) in [5, 5.41) is 0. The van der Waals surface area contributed by atoms with Crippen molar-refractivity contribution in [1.82, 2.24) is 9.80 Å². The molecule has 1 aliphatic rings. The van der Waals surface area contributed by atoms with Crippen LogP contribution in [0.2, 0.25) is 0 Å². The number of likely N-dealkylation sites (N-methyl/N-ethyl adjacent to an activating group) is 1. The lowest BCUT2D eigenvalue weighted by molar-refractivity contribution is -0.135. The van der Waals surface area contributed by atoms with Crippen molar-refractivity contribution in [3.63, 3.8) is 0 Å². The molecule has 0 saturated carbocycles. The predicted octanol–water partition coefficient (Wildman–Crippen LogP) is 0.910. The molecule has 0 N–H and O–H groups in total. The molecule has 1 heterocycles. The van der Waals surface area contributed by atoms with Gasteiger partial charge in [-0.05, 0) is 20.0 Å². The summed E-state index contributed by atoms with van der Waals surface area (Å²) in [6.45, 7) is 4.81. The first-order valence-corrected chi connectivity index (χ1v) is 6.11. The fraction of sp³-hybridized carbons (Fsp3) is 0.833. The normalized spacial score (nSPS) is 16.9. The second-order valence-electron chi connectivity index (χ2n) is 4.51. The third kappa shape index (κ3) is 4.31. The SMILES string of the molecule is CCCCN(C)CC(=O)N1CCC(=O)CC1. The highest BCUT2D eigenvalue weighted by atomic mass is 16.2. The lowest BCUT2D eigenvalue weighted by atomic mass is 10.1. The third-order valence-corrected chi connectivity index (χ3v) is 2.97. The van der Waals surface area contributed by atoms with Gasteiger partial charge >= 0.3 is 0 Å². The first-order valence-electron chi connectivity index (χ1n) is 6.11. The van der Waals surface area contributed by atoms with Crippen molar-refractivity contribution in [3.8, 4) is 0 Å². The molecule has 1 fully saturated rings. The summed E-state index contributed by atoms with van der Waals surface area (Å²) < 4.78 is 0. The maximum atomic E-state index is 11.9. The summed E-state index contributed by atoms with van der Waals surface area (Å²) in [6, 6.07) is 0. The summed E-state index contributed by atoms with van der Waals surface area (Å²) in [7, 11) is 1.97. The minimum Gasteiger partial charge on any atom is -0.341 e. The Morgan fingerprint density at radius 1 is 1.38 bits per heavy atom. The second-order valence-corrected chi connectivity index (χ2v) is 4.51. The molecule has 1 amide bonds. The molecule has 1 aliphatic heterocycles. The van der Waals surface area contributed by atoms with Crippen molar-refractivity contribution in [2.75, 3.05) is 33.2 Å². The molecule has 0 aromatic rings. The van der Waals surface area contributed by atoms with Gasteiger partial charge in [0.15, 0.2) is 0 Å². The quantitative estimate of drug-likeness (QED) is 0.699. The van der Waals surface area contributed by atoms with Crippen molar-refractivity contribution in [3.05, 3.63) is 0 Å². The number of ketones is 1. The second kappa shape index (κ2) is 6.63. The Bertz CT molecular complexity index is 243. The molecule has 16 heavy (non-hydrogen) atoms. The van der Waals surface area contributed by atoms with E-state index in [-0.39, 0.29) is 11.7 Å². The van der Waals surface area contributed by atoms with Crippen LogP contribution in [0, 0.1) is 0 Å². The van der Waals surface area contributed by atoms with Gasteiger partial charge in [0.1, 0.15) is 5.78 Å². The number of carbonyl (C=O) groups excluding carboxylic acids is 2. The molecule has 0 bridgehead atoms. The van der Waals surface area contributed by atoms with E-state index < -0.39 is 0 Å². The Hall–Kier alpha value is -0.900. The maximum Gasteiger partial charge on any atom is 0.236 e. The van der Waals surface area contributed by atoms with E-state index >= 15 is 0 Å². The van der Waals surface area contributed by atoms with Gasteiger partial charge in [0.25, 0.3) is 0 Å². The van der Waals surface area contributed by atoms with Crippen molar-refractivity contribution >= 4 is 11.7 Å². The molecule has 1 rings (SSSR count). The molecule has 4 heteroatoms. The summed E-state index contributed by atoms with van der Waals surface area (Å²) in [6.07, 6.45) is 3.34. The van der Waals surface area contributed by atoms with Crippen molar-refractivity contribution in [2.45, 2.75) is 32.6 Å². The first-order chi connectivity index (χ1) is 7.63. The average Bonchev–Trinajstić information content (AvgIpc) is 2.27. The van der Waals surface area contributed by atoms with Gasteiger partial charge in [0.05, 0.1) is 6.54 Å². The smallest absolute Gasteiger partial charge is 0.236 e. The van der Waals surface area contributed by atoms with Gasteiger partial charge in [0.2, 0.25) is 5.91 Å². The van der Waals surface area contributed by atoms with Crippen LogP contribution in [0.3, 0.4) is 0 Å². The van der Waals surface area contributed by atoms with Gasteiger partial charge in [0, 0.05) is 25.9 Å². The van der Waals surface area contributed by atoms with E-state index in [1.54, 1.807) is 0 Å². The van der Waals surface area contributed by atoms with Crippen LogP contribution in [0.25, 0.3) is 0 Å². The Labute approximate surface area is 97.6 Å². The van der Waals surface area contributed by atoms with Crippen LogP contribution >= 0.6 is 0 Å². The third-order valence-electron chi connectivity index (χ3n) is 2.97. The van der Waals surface area contributed by atoms with E-state index in [0.717, 1.165) is 19.4 Å². The highest BCUT2D eigenvalue weighted by Gasteiger charge is 2.21. The highest BCUT2D eigenvalue weighted by Crippen LogP contribution is 2.06. The Balaban J connectivity index is 2.26. The fourth-order valence-corrected chi connectivity index (χ4v) is 1.84. The average molecular weight is 226 g/mol. The van der Waals surface area contributed by atoms with Crippen molar-refractivity contribution in [2.24, 2.45) is 0 Å². The lowest BCUT2D eigenvalue weighted by Gasteiger charge is -2.28. The molecule has 0 aromatic carbocycles. The first kappa shape index (κ1) is 13.2. The molecule has 92 valence electrons. The van der Waals surface area contributed by atoms with Crippen LogP contribution < -0.4 is 0 Å². The number of rotatable bonds is 5. The number of Topliss-reactive ketones (excluding diaryl/α,β-unsaturated/α-hetero) is 1. The van der Waals surface area contributed by atoms with E-state index in [2.05, 4.69) is 11.8 Å². The Morgan fingerprint density at radius 3 is 2.56 bits per heavy atom. The van der Waals surface area contributed by atoms with Crippen LogP contribution in [-0.2, 0) is 9.59 Å². The molecule has 1 saturated heterocycles. The van der Waals surface area contributed by atoms with Gasteiger partial charge in [-0.3, -0.25) is 14.5 Å². The number of amides is 1. The van der Waals surface area contributed by atoms with Crippen LogP contribution in [-0.4, -0.2) is 54.7 Å². The number of carbonyl (C=O) groups is 2. The Kier molecular flexibility index (Phi) is 5.46. The lowest BCUT2D eigenvalue weighted by Crippen LogP contribution is -2.43. The summed E-state index contributed by atoms with van der Waals surface area (Å²) in [4.78, 5) is 26.8. The topological polar surface area (TPSA) is 40.6 Å². The van der Waals surface area contributed by atoms with E-state index in [1.807, 2.05) is 11.9 Å². The van der Waals surface area contributed by atoms with Gasteiger partial charge in [-0.1, -0.05) is 13.3 Å². The van der Waals surface area contributed by atoms with Gasteiger partial charge in [-0.2, -0.15) is 0 Å². The number of hydrogen-bond donors (Lipinski definition) is 0. The van der Waals surface area contributed by atoms with Crippen molar-refractivity contribution < 1.29 is 9.59 Å². The summed E-state index contributed by atoms with van der Waals surface area (Å²) >= 11 is 0. The number of hydrogen-bond acceptors (Lipinski definition) is 3. The molecule has 0 unspecified atom stereocenters. The molecule has 4 nitrogen and oxygen atoms in total. The van der Waals surface area contributed by atoms with E-state index in [0.29, 0.717) is 32.5 Å². The van der Waals surface area contributed by atoms with E-state index in [1.165, 1.54) is 0 Å². The highest BCUT2D eigenvalue weighted by molar-refractivity contribution is 5.84. The molecule has 0 spiro atoms. The summed E-state index contributed by atoms with van der Waals surface area (Å²) in [5.41, 5.74) is 0. The van der Waals surface area contributed by atoms with Gasteiger partial charge < -0.3 is 4.90 Å². The standard InChI is InChI=1S/C12H22N2O2/c1-3-4-7-13(2)10-12(16)14-8-5-11(15)6-9-14/h3-10H2,1-2H3. The van der Waals surface area contributed by atoms with E-state index in [4.69, 9.17) is 0 Å². The Morgan fingerprint density at radius 2 is 2.00 bits per heavy atom. The van der Waals surface area contributed by atoms with Gasteiger partial charge in [-0.25, -0.2) is 0 Å². The predicted molar refractivity (Wildman–Crippen MR) is 63.2 cm³/mol.